The molecule has 2 heterocycles. The zero-order valence-electron chi connectivity index (χ0n) is 8.40. The van der Waals surface area contributed by atoms with Gasteiger partial charge in [-0.3, -0.25) is 0 Å². The molecule has 0 aliphatic carbocycles. The van der Waals surface area contributed by atoms with Crippen LogP contribution in [0.25, 0.3) is 0 Å². The van der Waals surface area contributed by atoms with Gasteiger partial charge in [0.2, 0.25) is 0 Å². The van der Waals surface area contributed by atoms with Gasteiger partial charge in [-0.25, -0.2) is 4.98 Å². The van der Waals surface area contributed by atoms with E-state index in [1.807, 2.05) is 13.2 Å². The Hall–Kier alpha value is -0.0600. The van der Waals surface area contributed by atoms with E-state index < -0.39 is 0 Å². The van der Waals surface area contributed by atoms with Crippen LogP contribution < -0.4 is 5.32 Å². The highest BCUT2D eigenvalue weighted by Crippen LogP contribution is 2.33. The summed E-state index contributed by atoms with van der Waals surface area (Å²) in [5, 5.41) is 6.72. The smallest absolute Gasteiger partial charge is 0.110 e. The molecule has 0 aromatic carbocycles. The Morgan fingerprint density at radius 3 is 3.14 bits per heavy atom. The minimum Gasteiger partial charge on any atom is -0.311 e. The van der Waals surface area contributed by atoms with Crippen LogP contribution in [-0.4, -0.2) is 23.5 Å². The zero-order chi connectivity index (χ0) is 9.80. The quantitative estimate of drug-likeness (QED) is 0.860. The maximum absolute atomic E-state index is 4.41. The summed E-state index contributed by atoms with van der Waals surface area (Å²) in [6.45, 7) is 0. The van der Waals surface area contributed by atoms with E-state index in [0.29, 0.717) is 6.04 Å². The third kappa shape index (κ3) is 2.30. The van der Waals surface area contributed by atoms with Crippen LogP contribution in [0.1, 0.15) is 23.9 Å². The molecule has 1 fully saturated rings. The second kappa shape index (κ2) is 5.14. The van der Waals surface area contributed by atoms with Crippen molar-refractivity contribution >= 4 is 23.1 Å². The van der Waals surface area contributed by atoms with Gasteiger partial charge in [-0.15, -0.1) is 11.3 Å². The highest BCUT2D eigenvalue weighted by Gasteiger charge is 2.25. The van der Waals surface area contributed by atoms with Gasteiger partial charge in [0.05, 0.1) is 6.04 Å². The molecule has 0 radical (unpaired) electrons. The van der Waals surface area contributed by atoms with E-state index in [1.54, 1.807) is 11.3 Å². The van der Waals surface area contributed by atoms with Crippen LogP contribution in [0.3, 0.4) is 0 Å². The van der Waals surface area contributed by atoms with Gasteiger partial charge in [0, 0.05) is 11.6 Å². The van der Waals surface area contributed by atoms with Crippen molar-refractivity contribution in [3.63, 3.8) is 0 Å². The second-order valence-electron chi connectivity index (χ2n) is 3.61. The molecule has 1 aromatic heterocycles. The van der Waals surface area contributed by atoms with E-state index >= 15 is 0 Å². The van der Waals surface area contributed by atoms with Crippen molar-refractivity contribution in [3.8, 4) is 0 Å². The van der Waals surface area contributed by atoms with Crippen LogP contribution in [0.2, 0.25) is 0 Å². The minimum atomic E-state index is 0.475. The Bertz CT molecular complexity index is 255. The van der Waals surface area contributed by atoms with Crippen LogP contribution >= 0.6 is 23.1 Å². The molecule has 0 bridgehead atoms. The van der Waals surface area contributed by atoms with Crippen LogP contribution in [0.15, 0.2) is 11.6 Å². The van der Waals surface area contributed by atoms with E-state index in [1.165, 1.54) is 29.4 Å². The van der Waals surface area contributed by atoms with Crippen LogP contribution in [0.4, 0.5) is 0 Å². The van der Waals surface area contributed by atoms with Gasteiger partial charge in [-0.2, -0.15) is 11.8 Å². The van der Waals surface area contributed by atoms with Crippen molar-refractivity contribution in [2.45, 2.75) is 18.9 Å². The summed E-state index contributed by atoms with van der Waals surface area (Å²) in [6.07, 6.45) is 4.61. The molecule has 0 saturated carbocycles. The maximum atomic E-state index is 4.41. The van der Waals surface area contributed by atoms with Gasteiger partial charge in [-0.1, -0.05) is 0 Å². The fraction of sp³-hybridized carbons (Fsp3) is 0.700. The summed E-state index contributed by atoms with van der Waals surface area (Å²) in [5.74, 6) is 3.39. The first kappa shape index (κ1) is 10.5. The molecule has 0 amide bonds. The standard InChI is InChI=1S/C10H16N2S2/c1-11-9(10-12-4-6-14-10)8-3-2-5-13-7-8/h4,6,8-9,11H,2-3,5,7H2,1H3. The van der Waals surface area contributed by atoms with E-state index in [4.69, 9.17) is 0 Å². The predicted molar refractivity (Wildman–Crippen MR) is 64.0 cm³/mol. The number of nitrogens with one attached hydrogen (secondary N) is 1. The van der Waals surface area contributed by atoms with Gasteiger partial charge in [0.15, 0.2) is 0 Å². The SMILES string of the molecule is CNC(c1nccs1)C1CCCSC1. The molecule has 2 nitrogen and oxygen atoms in total. The molecule has 1 aliphatic rings. The van der Waals surface area contributed by atoms with Crippen LogP contribution in [0.5, 0.6) is 0 Å². The Balaban J connectivity index is 2.04. The minimum absolute atomic E-state index is 0.475. The lowest BCUT2D eigenvalue weighted by Crippen LogP contribution is -2.28. The van der Waals surface area contributed by atoms with Gasteiger partial charge in [-0.05, 0) is 37.3 Å². The van der Waals surface area contributed by atoms with Crippen LogP contribution in [0, 0.1) is 5.92 Å². The molecule has 4 heteroatoms. The van der Waals surface area contributed by atoms with Crippen molar-refractivity contribution in [2.24, 2.45) is 5.92 Å². The van der Waals surface area contributed by atoms with Crippen molar-refractivity contribution in [1.29, 1.82) is 0 Å². The van der Waals surface area contributed by atoms with E-state index in [9.17, 15) is 0 Å². The molecule has 1 N–H and O–H groups in total. The summed E-state index contributed by atoms with van der Waals surface area (Å²) < 4.78 is 0. The molecule has 2 atom stereocenters. The van der Waals surface area contributed by atoms with Gasteiger partial charge >= 0.3 is 0 Å². The lowest BCUT2D eigenvalue weighted by molar-refractivity contribution is 0.383. The Morgan fingerprint density at radius 2 is 2.57 bits per heavy atom. The van der Waals surface area contributed by atoms with Crippen LogP contribution in [-0.2, 0) is 0 Å². The number of rotatable bonds is 3. The molecule has 2 rings (SSSR count). The fourth-order valence-corrected chi connectivity index (χ4v) is 4.02. The molecule has 14 heavy (non-hydrogen) atoms. The van der Waals surface area contributed by atoms with E-state index in [-0.39, 0.29) is 0 Å². The maximum Gasteiger partial charge on any atom is 0.110 e. The van der Waals surface area contributed by atoms with Gasteiger partial charge in [0.1, 0.15) is 5.01 Å². The first-order valence-corrected chi connectivity index (χ1v) is 7.09. The third-order valence-corrected chi connectivity index (χ3v) is 4.80. The normalized spacial score (nSPS) is 24.8. The number of nitrogens with zero attached hydrogens (tertiary/aromatic N) is 1. The van der Waals surface area contributed by atoms with Crippen molar-refractivity contribution in [1.82, 2.24) is 10.3 Å². The number of hydrogen-bond donors (Lipinski definition) is 1. The largest absolute Gasteiger partial charge is 0.311 e. The summed E-state index contributed by atoms with van der Waals surface area (Å²) in [4.78, 5) is 4.41. The Labute approximate surface area is 93.5 Å². The highest BCUT2D eigenvalue weighted by molar-refractivity contribution is 7.99. The molecule has 1 aliphatic heterocycles. The Kier molecular flexibility index (Phi) is 3.84. The highest BCUT2D eigenvalue weighted by atomic mass is 32.2. The van der Waals surface area contributed by atoms with Crippen molar-refractivity contribution < 1.29 is 0 Å². The first-order valence-electron chi connectivity index (χ1n) is 5.06. The number of hydrogen-bond acceptors (Lipinski definition) is 4. The molecule has 1 aromatic rings. The molecule has 2 unspecified atom stereocenters. The third-order valence-electron chi connectivity index (χ3n) is 2.70. The molecule has 0 spiro atoms. The van der Waals surface area contributed by atoms with Crippen molar-refractivity contribution in [3.05, 3.63) is 16.6 Å². The second-order valence-corrected chi connectivity index (χ2v) is 5.69. The Morgan fingerprint density at radius 1 is 1.64 bits per heavy atom. The zero-order valence-corrected chi connectivity index (χ0v) is 10.0. The number of thioether (sulfide) groups is 1. The fourth-order valence-electron chi connectivity index (χ4n) is 1.98. The lowest BCUT2D eigenvalue weighted by atomic mass is 9.97. The number of thiazole rings is 1. The average molecular weight is 228 g/mol. The molecular weight excluding hydrogens is 212 g/mol. The summed E-state index contributed by atoms with van der Waals surface area (Å²) in [7, 11) is 2.05. The van der Waals surface area contributed by atoms with Crippen molar-refractivity contribution in [2.75, 3.05) is 18.6 Å². The number of aromatic nitrogens is 1. The van der Waals surface area contributed by atoms with E-state index in [2.05, 4.69) is 27.4 Å². The van der Waals surface area contributed by atoms with Gasteiger partial charge in [0.25, 0.3) is 0 Å². The van der Waals surface area contributed by atoms with E-state index in [0.717, 1.165) is 5.92 Å². The molecular formula is C10H16N2S2. The summed E-state index contributed by atoms with van der Waals surface area (Å²) in [6, 6.07) is 0.475. The molecule has 78 valence electrons. The monoisotopic (exact) mass is 228 g/mol. The topological polar surface area (TPSA) is 24.9 Å². The average Bonchev–Trinajstić information content (AvgIpc) is 2.74. The lowest BCUT2D eigenvalue weighted by Gasteiger charge is -2.28. The summed E-state index contributed by atoms with van der Waals surface area (Å²) >= 11 is 3.85. The predicted octanol–water partition coefficient (Wildman–Crippen LogP) is 2.55. The summed E-state index contributed by atoms with van der Waals surface area (Å²) in [5.41, 5.74) is 0. The first-order chi connectivity index (χ1) is 6.92. The van der Waals surface area contributed by atoms with Gasteiger partial charge < -0.3 is 5.32 Å². The molecule has 1 saturated heterocycles.